The molecule has 2 aromatic rings. The molecule has 0 saturated heterocycles. The number of hydrogen-bond donors (Lipinski definition) is 0. The Labute approximate surface area is 113 Å². The number of alkyl halides is 1. The van der Waals surface area contributed by atoms with Gasteiger partial charge in [-0.1, -0.05) is 60.7 Å². The molecule has 0 nitrogen and oxygen atoms in total. The normalized spacial score (nSPS) is 18.7. The van der Waals surface area contributed by atoms with Crippen molar-refractivity contribution >= 4 is 17.2 Å². The van der Waals surface area contributed by atoms with E-state index in [1.54, 1.807) is 0 Å². The molecule has 0 saturated carbocycles. The van der Waals surface area contributed by atoms with Gasteiger partial charge in [0, 0.05) is 0 Å². The lowest BCUT2D eigenvalue weighted by atomic mass is 10.0. The summed E-state index contributed by atoms with van der Waals surface area (Å²) >= 11 is 6.11. The van der Waals surface area contributed by atoms with Crippen LogP contribution in [0.2, 0.25) is 0 Å². The zero-order valence-corrected chi connectivity index (χ0v) is 10.9. The van der Waals surface area contributed by atoms with E-state index in [4.69, 9.17) is 11.6 Å². The highest BCUT2D eigenvalue weighted by Gasteiger charge is 2.14. The van der Waals surface area contributed by atoms with E-state index in [1.165, 1.54) is 22.3 Å². The third kappa shape index (κ3) is 2.34. The second kappa shape index (κ2) is 4.99. The largest absolute Gasteiger partial charge is 0.118 e. The van der Waals surface area contributed by atoms with E-state index in [1.807, 2.05) is 6.07 Å². The van der Waals surface area contributed by atoms with Crippen molar-refractivity contribution in [2.75, 3.05) is 0 Å². The minimum atomic E-state index is 0.216. The predicted molar refractivity (Wildman–Crippen MR) is 78.7 cm³/mol. The van der Waals surface area contributed by atoms with Crippen LogP contribution in [-0.4, -0.2) is 5.38 Å². The first-order valence-corrected chi connectivity index (χ1v) is 6.77. The van der Waals surface area contributed by atoms with Gasteiger partial charge in [-0.2, -0.15) is 0 Å². The molecule has 0 radical (unpaired) electrons. The molecule has 18 heavy (non-hydrogen) atoms. The molecule has 1 heteroatoms. The number of halogens is 1. The third-order valence-electron chi connectivity index (χ3n) is 3.43. The molecule has 0 aromatic heterocycles. The van der Waals surface area contributed by atoms with Crippen molar-refractivity contribution in [3.05, 3.63) is 66.2 Å². The molecule has 3 rings (SSSR count). The first-order valence-electron chi connectivity index (χ1n) is 6.33. The fourth-order valence-corrected chi connectivity index (χ4v) is 2.69. The van der Waals surface area contributed by atoms with E-state index in [2.05, 4.69) is 54.6 Å². The Balaban J connectivity index is 1.88. The maximum absolute atomic E-state index is 6.11. The standard InChI is InChI=1S/C17H15Cl/c18-17-11-10-16(12-17)15-8-6-14(7-9-15)13-4-2-1-3-5-13/h1-9,12,17H,10-11H2. The Bertz CT molecular complexity index is 552. The van der Waals surface area contributed by atoms with E-state index in [-0.39, 0.29) is 5.38 Å². The molecule has 0 heterocycles. The molecule has 1 aliphatic rings. The Kier molecular flexibility index (Phi) is 3.21. The summed E-state index contributed by atoms with van der Waals surface area (Å²) in [5.41, 5.74) is 5.22. The van der Waals surface area contributed by atoms with Crippen LogP contribution in [0.15, 0.2) is 60.7 Å². The van der Waals surface area contributed by atoms with Crippen molar-refractivity contribution in [1.82, 2.24) is 0 Å². The van der Waals surface area contributed by atoms with Gasteiger partial charge in [0.05, 0.1) is 5.38 Å². The summed E-state index contributed by atoms with van der Waals surface area (Å²) in [6.07, 6.45) is 4.34. The first kappa shape index (κ1) is 11.6. The molecule has 1 unspecified atom stereocenters. The quantitative estimate of drug-likeness (QED) is 0.651. The highest BCUT2D eigenvalue weighted by atomic mass is 35.5. The summed E-state index contributed by atoms with van der Waals surface area (Å²) in [5.74, 6) is 0. The lowest BCUT2D eigenvalue weighted by Crippen LogP contribution is -1.82. The SMILES string of the molecule is ClC1C=C(c2ccc(-c3ccccc3)cc2)CC1. The number of hydrogen-bond acceptors (Lipinski definition) is 0. The lowest BCUT2D eigenvalue weighted by Gasteiger charge is -2.05. The Morgan fingerprint density at radius 2 is 1.39 bits per heavy atom. The summed E-state index contributed by atoms with van der Waals surface area (Å²) in [5, 5.41) is 0.216. The van der Waals surface area contributed by atoms with Gasteiger partial charge in [-0.25, -0.2) is 0 Å². The van der Waals surface area contributed by atoms with Crippen LogP contribution >= 0.6 is 11.6 Å². The zero-order chi connectivity index (χ0) is 12.4. The highest BCUT2D eigenvalue weighted by molar-refractivity contribution is 6.22. The molecule has 1 aliphatic carbocycles. The summed E-state index contributed by atoms with van der Waals surface area (Å²) < 4.78 is 0. The molecule has 90 valence electrons. The van der Waals surface area contributed by atoms with Crippen molar-refractivity contribution in [1.29, 1.82) is 0 Å². The maximum Gasteiger partial charge on any atom is 0.0525 e. The van der Waals surface area contributed by atoms with Crippen LogP contribution in [0.25, 0.3) is 16.7 Å². The van der Waals surface area contributed by atoms with Crippen LogP contribution in [0.3, 0.4) is 0 Å². The molecule has 0 N–H and O–H groups in total. The van der Waals surface area contributed by atoms with Crippen LogP contribution in [0.5, 0.6) is 0 Å². The van der Waals surface area contributed by atoms with Gasteiger partial charge in [-0.15, -0.1) is 11.6 Å². The molecule has 0 bridgehead atoms. The molecule has 0 aliphatic heterocycles. The summed E-state index contributed by atoms with van der Waals surface area (Å²) in [6.45, 7) is 0. The van der Waals surface area contributed by atoms with Gasteiger partial charge in [0.15, 0.2) is 0 Å². The van der Waals surface area contributed by atoms with Crippen molar-refractivity contribution in [2.24, 2.45) is 0 Å². The highest BCUT2D eigenvalue weighted by Crippen LogP contribution is 2.31. The second-order valence-corrected chi connectivity index (χ2v) is 5.25. The monoisotopic (exact) mass is 254 g/mol. The average molecular weight is 255 g/mol. The predicted octanol–water partition coefficient (Wildman–Crippen LogP) is 5.14. The van der Waals surface area contributed by atoms with Crippen LogP contribution in [0, 0.1) is 0 Å². The average Bonchev–Trinajstić information content (AvgIpc) is 2.87. The molecule has 2 aromatic carbocycles. The van der Waals surface area contributed by atoms with E-state index in [0.717, 1.165) is 12.8 Å². The summed E-state index contributed by atoms with van der Waals surface area (Å²) in [6, 6.07) is 19.2. The maximum atomic E-state index is 6.11. The van der Waals surface area contributed by atoms with Gasteiger partial charge in [0.1, 0.15) is 0 Å². The molecular weight excluding hydrogens is 240 g/mol. The van der Waals surface area contributed by atoms with Gasteiger partial charge in [-0.05, 0) is 35.1 Å². The Hall–Kier alpha value is -1.53. The van der Waals surface area contributed by atoms with Gasteiger partial charge < -0.3 is 0 Å². The topological polar surface area (TPSA) is 0 Å². The zero-order valence-electron chi connectivity index (χ0n) is 10.1. The summed E-state index contributed by atoms with van der Waals surface area (Å²) in [4.78, 5) is 0. The van der Waals surface area contributed by atoms with E-state index >= 15 is 0 Å². The fraction of sp³-hybridized carbons (Fsp3) is 0.176. The van der Waals surface area contributed by atoms with E-state index in [0.29, 0.717) is 0 Å². The van der Waals surface area contributed by atoms with Crippen LogP contribution in [0.1, 0.15) is 18.4 Å². The Morgan fingerprint density at radius 1 is 0.778 bits per heavy atom. The third-order valence-corrected chi connectivity index (χ3v) is 3.78. The Morgan fingerprint density at radius 3 is 2.00 bits per heavy atom. The van der Waals surface area contributed by atoms with Crippen molar-refractivity contribution < 1.29 is 0 Å². The van der Waals surface area contributed by atoms with Crippen molar-refractivity contribution in [3.63, 3.8) is 0 Å². The van der Waals surface area contributed by atoms with Gasteiger partial charge in [0.25, 0.3) is 0 Å². The molecule has 0 fully saturated rings. The first-order chi connectivity index (χ1) is 8.83. The lowest BCUT2D eigenvalue weighted by molar-refractivity contribution is 0.942. The van der Waals surface area contributed by atoms with Crippen LogP contribution in [0.4, 0.5) is 0 Å². The van der Waals surface area contributed by atoms with E-state index in [9.17, 15) is 0 Å². The van der Waals surface area contributed by atoms with Crippen molar-refractivity contribution in [3.8, 4) is 11.1 Å². The van der Waals surface area contributed by atoms with Gasteiger partial charge in [-0.3, -0.25) is 0 Å². The van der Waals surface area contributed by atoms with Crippen LogP contribution < -0.4 is 0 Å². The fourth-order valence-electron chi connectivity index (χ4n) is 2.43. The molecular formula is C17H15Cl. The minimum absolute atomic E-state index is 0.216. The second-order valence-electron chi connectivity index (χ2n) is 4.69. The molecule has 1 atom stereocenters. The molecule has 0 amide bonds. The minimum Gasteiger partial charge on any atom is -0.118 e. The smallest absolute Gasteiger partial charge is 0.0525 e. The summed E-state index contributed by atoms with van der Waals surface area (Å²) in [7, 11) is 0. The number of benzene rings is 2. The molecule has 0 spiro atoms. The van der Waals surface area contributed by atoms with Gasteiger partial charge >= 0.3 is 0 Å². The van der Waals surface area contributed by atoms with E-state index < -0.39 is 0 Å². The van der Waals surface area contributed by atoms with Crippen LogP contribution in [-0.2, 0) is 0 Å². The van der Waals surface area contributed by atoms with Crippen molar-refractivity contribution in [2.45, 2.75) is 18.2 Å². The number of rotatable bonds is 2. The number of allylic oxidation sites excluding steroid dienone is 2. The van der Waals surface area contributed by atoms with Gasteiger partial charge in [0.2, 0.25) is 0 Å².